The van der Waals surface area contributed by atoms with Gasteiger partial charge in [-0.05, 0) is 45.8 Å². The van der Waals surface area contributed by atoms with E-state index >= 15 is 0 Å². The highest BCUT2D eigenvalue weighted by Crippen LogP contribution is 2.38. The summed E-state index contributed by atoms with van der Waals surface area (Å²) in [6.45, 7) is 0.439. The van der Waals surface area contributed by atoms with E-state index in [2.05, 4.69) is 38.8 Å². The number of rotatable bonds is 7. The molecule has 0 aliphatic carbocycles. The summed E-state index contributed by atoms with van der Waals surface area (Å²) in [5, 5.41) is 27.9. The molecule has 0 unspecified atom stereocenters. The first-order valence-electron chi connectivity index (χ1n) is 10.6. The lowest BCUT2D eigenvalue weighted by molar-refractivity contribution is 0.652. The highest BCUT2D eigenvalue weighted by atomic mass is 35.5. The number of para-hydroxylation sites is 1. The van der Waals surface area contributed by atoms with Gasteiger partial charge in [-0.15, -0.1) is 16.9 Å². The zero-order valence-electron chi connectivity index (χ0n) is 18.2. The third kappa shape index (κ3) is 4.93. The normalized spacial score (nSPS) is 10.9. The van der Waals surface area contributed by atoms with E-state index in [-0.39, 0.29) is 0 Å². The monoisotopic (exact) mass is 517 g/mol. The Labute approximate surface area is 215 Å². The van der Waals surface area contributed by atoms with E-state index in [1.54, 1.807) is 57.7 Å². The molecule has 0 radical (unpaired) electrons. The molecule has 2 heterocycles. The molecule has 0 saturated carbocycles. The van der Waals surface area contributed by atoms with Gasteiger partial charge in [0.2, 0.25) is 0 Å². The summed E-state index contributed by atoms with van der Waals surface area (Å²) in [6.07, 6.45) is 1.73. The van der Waals surface area contributed by atoms with E-state index in [1.807, 2.05) is 30.3 Å². The minimum absolute atomic E-state index is 0.439. The number of aromatic nitrogens is 6. The average molecular weight is 518 g/mol. The highest BCUT2D eigenvalue weighted by Gasteiger charge is 2.22. The Kier molecular flexibility index (Phi) is 6.82. The first-order valence-corrected chi connectivity index (χ1v) is 12.3. The van der Waals surface area contributed by atoms with Gasteiger partial charge in [-0.1, -0.05) is 71.7 Å². The molecule has 0 N–H and O–H groups in total. The number of hydrogen-bond donors (Lipinski definition) is 0. The number of halogens is 2. The van der Waals surface area contributed by atoms with Crippen molar-refractivity contribution in [1.29, 1.82) is 5.26 Å². The molecule has 0 fully saturated rings. The van der Waals surface area contributed by atoms with Crippen LogP contribution in [-0.4, -0.2) is 30.0 Å². The molecule has 10 heteroatoms. The van der Waals surface area contributed by atoms with E-state index in [9.17, 15) is 0 Å². The van der Waals surface area contributed by atoms with Crippen molar-refractivity contribution in [2.75, 3.05) is 0 Å². The molecule has 0 aliphatic heterocycles. The largest absolute Gasteiger partial charge is 0.223 e. The van der Waals surface area contributed by atoms with Crippen molar-refractivity contribution in [3.8, 4) is 23.1 Å². The molecule has 172 valence electrons. The Morgan fingerprint density at radius 2 is 1.63 bits per heavy atom. The minimum Gasteiger partial charge on any atom is -0.223 e. The van der Waals surface area contributed by atoms with Crippen LogP contribution in [0.3, 0.4) is 0 Å². The number of thioether (sulfide) groups is 1. The van der Waals surface area contributed by atoms with Crippen molar-refractivity contribution in [2.45, 2.75) is 17.3 Å². The fourth-order valence-electron chi connectivity index (χ4n) is 3.57. The van der Waals surface area contributed by atoms with Crippen LogP contribution < -0.4 is 0 Å². The van der Waals surface area contributed by atoms with Crippen LogP contribution in [-0.2, 0) is 12.3 Å². The van der Waals surface area contributed by atoms with Gasteiger partial charge < -0.3 is 0 Å². The van der Waals surface area contributed by atoms with Crippen LogP contribution in [0.1, 0.15) is 16.7 Å². The van der Waals surface area contributed by atoms with Crippen LogP contribution in [0.5, 0.6) is 0 Å². The summed E-state index contributed by atoms with van der Waals surface area (Å²) in [7, 11) is 0. The van der Waals surface area contributed by atoms with Crippen LogP contribution in [0, 0.1) is 11.3 Å². The first-order chi connectivity index (χ1) is 17.1. The molecule has 2 aromatic heterocycles. The molecule has 0 amide bonds. The standard InChI is InChI=1S/C25H17Cl2N7S/c26-21-7-4-8-22(27)23(21)34-25(35-16-19-5-2-1-3-6-19)20(14-29-34)24-30-31-32-33(24)15-18-11-9-17(13-28)10-12-18/h1-12,14H,15-16H2. The van der Waals surface area contributed by atoms with Crippen molar-refractivity contribution in [1.82, 2.24) is 30.0 Å². The van der Waals surface area contributed by atoms with Crippen molar-refractivity contribution in [2.24, 2.45) is 0 Å². The lowest BCUT2D eigenvalue weighted by atomic mass is 10.1. The van der Waals surface area contributed by atoms with Crippen LogP contribution >= 0.6 is 35.0 Å². The lowest BCUT2D eigenvalue weighted by Gasteiger charge is -2.12. The van der Waals surface area contributed by atoms with Gasteiger partial charge in [0.15, 0.2) is 5.82 Å². The fraction of sp³-hybridized carbons (Fsp3) is 0.0800. The van der Waals surface area contributed by atoms with Crippen molar-refractivity contribution in [3.63, 3.8) is 0 Å². The zero-order valence-corrected chi connectivity index (χ0v) is 20.5. The second kappa shape index (κ2) is 10.3. The van der Waals surface area contributed by atoms with Gasteiger partial charge in [-0.2, -0.15) is 10.4 Å². The second-order valence-electron chi connectivity index (χ2n) is 7.59. The van der Waals surface area contributed by atoms with Gasteiger partial charge in [0.1, 0.15) is 10.7 Å². The molecule has 5 aromatic rings. The minimum atomic E-state index is 0.439. The van der Waals surface area contributed by atoms with E-state index in [0.717, 1.165) is 16.2 Å². The Morgan fingerprint density at radius 1 is 0.886 bits per heavy atom. The smallest absolute Gasteiger partial charge is 0.186 e. The maximum absolute atomic E-state index is 9.06. The quantitative estimate of drug-likeness (QED) is 0.244. The summed E-state index contributed by atoms with van der Waals surface area (Å²) in [5.74, 6) is 1.28. The second-order valence-corrected chi connectivity index (χ2v) is 9.37. The molecule has 3 aromatic carbocycles. The molecule has 35 heavy (non-hydrogen) atoms. The predicted molar refractivity (Wildman–Crippen MR) is 137 cm³/mol. The van der Waals surface area contributed by atoms with Crippen LogP contribution in [0.4, 0.5) is 0 Å². The fourth-order valence-corrected chi connectivity index (χ4v) is 5.18. The number of benzene rings is 3. The third-order valence-electron chi connectivity index (χ3n) is 5.28. The van der Waals surface area contributed by atoms with Crippen LogP contribution in [0.25, 0.3) is 17.1 Å². The number of nitriles is 1. The topological polar surface area (TPSA) is 85.2 Å². The van der Waals surface area contributed by atoms with Gasteiger partial charge in [0.05, 0.1) is 40.0 Å². The maximum Gasteiger partial charge on any atom is 0.186 e. The zero-order chi connectivity index (χ0) is 24.2. The maximum atomic E-state index is 9.06. The van der Waals surface area contributed by atoms with Crippen molar-refractivity contribution < 1.29 is 0 Å². The highest BCUT2D eigenvalue weighted by molar-refractivity contribution is 7.98. The SMILES string of the molecule is N#Cc1ccc(Cn2nnnc2-c2cnn(-c3c(Cl)cccc3Cl)c2SCc2ccccc2)cc1. The average Bonchev–Trinajstić information content (AvgIpc) is 3.50. The Balaban J connectivity index is 1.56. The Hall–Kier alpha value is -3.64. The molecule has 0 atom stereocenters. The summed E-state index contributed by atoms with van der Waals surface area (Å²) in [5.41, 5.74) is 4.10. The van der Waals surface area contributed by atoms with Crippen molar-refractivity contribution in [3.05, 3.63) is 106 Å². The Morgan fingerprint density at radius 3 is 2.34 bits per heavy atom. The first kappa shape index (κ1) is 23.1. The summed E-state index contributed by atoms with van der Waals surface area (Å²) in [6, 6.07) is 25.0. The molecule has 5 rings (SSSR count). The summed E-state index contributed by atoms with van der Waals surface area (Å²) < 4.78 is 3.46. The van der Waals surface area contributed by atoms with Crippen molar-refractivity contribution >= 4 is 35.0 Å². The van der Waals surface area contributed by atoms with E-state index in [1.165, 1.54) is 5.56 Å². The van der Waals surface area contributed by atoms with Gasteiger partial charge in [0.25, 0.3) is 0 Å². The van der Waals surface area contributed by atoms with Crippen LogP contribution in [0.2, 0.25) is 10.0 Å². The van der Waals surface area contributed by atoms with Gasteiger partial charge in [-0.3, -0.25) is 0 Å². The Bertz CT molecular complexity index is 1490. The summed E-state index contributed by atoms with van der Waals surface area (Å²) in [4.78, 5) is 0. The lowest BCUT2D eigenvalue weighted by Crippen LogP contribution is -2.05. The van der Waals surface area contributed by atoms with Gasteiger partial charge in [-0.25, -0.2) is 9.36 Å². The molecule has 7 nitrogen and oxygen atoms in total. The number of hydrogen-bond acceptors (Lipinski definition) is 6. The molecule has 0 bridgehead atoms. The van der Waals surface area contributed by atoms with Gasteiger partial charge in [0, 0.05) is 5.75 Å². The van der Waals surface area contributed by atoms with E-state index in [0.29, 0.717) is 39.4 Å². The predicted octanol–water partition coefficient (Wildman–Crippen LogP) is 6.04. The van der Waals surface area contributed by atoms with Crippen LogP contribution in [0.15, 0.2) is 84.0 Å². The molecular formula is C25H17Cl2N7S. The third-order valence-corrected chi connectivity index (χ3v) is 7.03. The summed E-state index contributed by atoms with van der Waals surface area (Å²) >= 11 is 14.7. The molecule has 0 aliphatic rings. The van der Waals surface area contributed by atoms with Gasteiger partial charge >= 0.3 is 0 Å². The van der Waals surface area contributed by atoms with E-state index in [4.69, 9.17) is 28.5 Å². The molecule has 0 spiro atoms. The number of tetrazole rings is 1. The molecular weight excluding hydrogens is 501 g/mol. The number of nitrogens with zero attached hydrogens (tertiary/aromatic N) is 7. The molecule has 0 saturated heterocycles. The van der Waals surface area contributed by atoms with E-state index < -0.39 is 0 Å².